The number of Topliss-reactive ketones (excluding diaryl/α,β-unsaturated/α-hetero) is 2. The summed E-state index contributed by atoms with van der Waals surface area (Å²) in [7, 11) is 0. The van der Waals surface area contributed by atoms with Gasteiger partial charge in [-0.25, -0.2) is 0 Å². The van der Waals surface area contributed by atoms with E-state index >= 15 is 0 Å². The predicted molar refractivity (Wildman–Crippen MR) is 121 cm³/mol. The van der Waals surface area contributed by atoms with Crippen LogP contribution in [-0.2, 0) is 11.2 Å². The van der Waals surface area contributed by atoms with Crippen LogP contribution >= 0.6 is 0 Å². The lowest BCUT2D eigenvalue weighted by Gasteiger charge is -2.32. The lowest BCUT2D eigenvalue weighted by Crippen LogP contribution is -2.38. The molecular weight excluding hydrogens is 388 g/mol. The van der Waals surface area contributed by atoms with E-state index in [1.807, 2.05) is 24.0 Å². The summed E-state index contributed by atoms with van der Waals surface area (Å²) in [6.07, 6.45) is 5.48. The summed E-state index contributed by atoms with van der Waals surface area (Å²) in [4.78, 5) is 42.6. The number of hydrogen-bond donors (Lipinski definition) is 1. The smallest absolute Gasteiger partial charge is 0.253 e. The van der Waals surface area contributed by atoms with Gasteiger partial charge in [0.05, 0.1) is 5.56 Å². The number of aromatic nitrogens is 1. The zero-order valence-electron chi connectivity index (χ0n) is 17.9. The van der Waals surface area contributed by atoms with Crippen molar-refractivity contribution in [2.45, 2.75) is 39.0 Å². The molecule has 160 valence electrons. The van der Waals surface area contributed by atoms with Crippen molar-refractivity contribution < 1.29 is 14.4 Å². The second-order valence-corrected chi connectivity index (χ2v) is 8.39. The van der Waals surface area contributed by atoms with Crippen molar-refractivity contribution in [3.8, 4) is 0 Å². The lowest BCUT2D eigenvalue weighted by molar-refractivity contribution is -0.115. The van der Waals surface area contributed by atoms with Gasteiger partial charge in [0.15, 0.2) is 0 Å². The van der Waals surface area contributed by atoms with E-state index in [2.05, 4.69) is 29.2 Å². The van der Waals surface area contributed by atoms with Crippen molar-refractivity contribution in [1.29, 1.82) is 0 Å². The maximum absolute atomic E-state index is 13.1. The highest BCUT2D eigenvalue weighted by Crippen LogP contribution is 2.25. The first kappa shape index (κ1) is 21.0. The average molecular weight is 417 g/mol. The van der Waals surface area contributed by atoms with E-state index in [1.54, 1.807) is 18.3 Å². The molecule has 5 nitrogen and oxygen atoms in total. The van der Waals surface area contributed by atoms with E-state index < -0.39 is 5.78 Å². The quantitative estimate of drug-likeness (QED) is 0.444. The minimum Gasteiger partial charge on any atom is -0.360 e. The molecule has 1 aliphatic heterocycles. The molecule has 0 atom stereocenters. The molecule has 0 bridgehead atoms. The van der Waals surface area contributed by atoms with Gasteiger partial charge in [0, 0.05) is 42.2 Å². The van der Waals surface area contributed by atoms with Crippen LogP contribution in [0.3, 0.4) is 0 Å². The van der Waals surface area contributed by atoms with Gasteiger partial charge in [0.2, 0.25) is 11.6 Å². The number of fused-ring (bicyclic) bond motifs is 1. The minimum absolute atomic E-state index is 0.0143. The first-order valence-electron chi connectivity index (χ1n) is 11.1. The molecule has 5 heteroatoms. The molecule has 0 spiro atoms. The van der Waals surface area contributed by atoms with Gasteiger partial charge in [0.25, 0.3) is 5.91 Å². The van der Waals surface area contributed by atoms with Crippen LogP contribution in [0.4, 0.5) is 0 Å². The van der Waals surface area contributed by atoms with Crippen molar-refractivity contribution in [3.63, 3.8) is 0 Å². The maximum Gasteiger partial charge on any atom is 0.253 e. The van der Waals surface area contributed by atoms with Crippen LogP contribution < -0.4 is 0 Å². The summed E-state index contributed by atoms with van der Waals surface area (Å²) >= 11 is 0. The fourth-order valence-corrected chi connectivity index (χ4v) is 4.40. The van der Waals surface area contributed by atoms with Gasteiger partial charge in [-0.15, -0.1) is 0 Å². The number of aromatic amines is 1. The average Bonchev–Trinajstić information content (AvgIpc) is 3.22. The molecule has 0 radical (unpaired) electrons. The Kier molecular flexibility index (Phi) is 6.31. The number of benzene rings is 2. The van der Waals surface area contributed by atoms with Crippen LogP contribution in [-0.4, -0.2) is 40.4 Å². The van der Waals surface area contributed by atoms with Gasteiger partial charge in [-0.3, -0.25) is 14.4 Å². The van der Waals surface area contributed by atoms with E-state index in [0.29, 0.717) is 28.9 Å². The molecule has 3 aromatic rings. The third kappa shape index (κ3) is 4.61. The molecule has 31 heavy (non-hydrogen) atoms. The summed E-state index contributed by atoms with van der Waals surface area (Å²) in [5.74, 6) is -0.299. The number of carbonyl (C=O) groups excluding carboxylic acids is 3. The summed E-state index contributed by atoms with van der Waals surface area (Å²) in [5, 5.41) is 0.638. The Hall–Kier alpha value is -3.21. The van der Waals surface area contributed by atoms with E-state index in [-0.39, 0.29) is 18.1 Å². The highest BCUT2D eigenvalue weighted by atomic mass is 16.2. The Balaban J connectivity index is 1.45. The van der Waals surface area contributed by atoms with E-state index in [1.165, 1.54) is 5.56 Å². The second-order valence-electron chi connectivity index (χ2n) is 8.39. The largest absolute Gasteiger partial charge is 0.360 e. The molecule has 0 aliphatic carbocycles. The van der Waals surface area contributed by atoms with Crippen molar-refractivity contribution in [1.82, 2.24) is 9.88 Å². The number of amides is 1. The number of H-pyrrole nitrogens is 1. The van der Waals surface area contributed by atoms with Gasteiger partial charge in [0.1, 0.15) is 0 Å². The SMILES string of the molecule is CCCC(=O)C(=O)c1c[nH]c2ccc(C(=O)N3CCC(Cc4ccccc4)CC3)cc12. The molecule has 1 fully saturated rings. The highest BCUT2D eigenvalue weighted by molar-refractivity contribution is 6.45. The predicted octanol–water partition coefficient (Wildman–Crippen LogP) is 4.81. The van der Waals surface area contributed by atoms with Gasteiger partial charge >= 0.3 is 0 Å². The number of carbonyl (C=O) groups is 3. The Bertz CT molecular complexity index is 1090. The molecule has 0 unspecified atom stereocenters. The number of likely N-dealkylation sites (tertiary alicyclic amines) is 1. The van der Waals surface area contributed by atoms with Crippen LogP contribution in [0.2, 0.25) is 0 Å². The Morgan fingerprint density at radius 3 is 2.48 bits per heavy atom. The molecule has 4 rings (SSSR count). The van der Waals surface area contributed by atoms with Crippen LogP contribution in [0.5, 0.6) is 0 Å². The third-order valence-corrected chi connectivity index (χ3v) is 6.17. The van der Waals surface area contributed by atoms with Gasteiger partial charge < -0.3 is 9.88 Å². The Morgan fingerprint density at radius 2 is 1.77 bits per heavy atom. The fraction of sp³-hybridized carbons (Fsp3) is 0.346. The zero-order chi connectivity index (χ0) is 21.8. The van der Waals surface area contributed by atoms with E-state index in [9.17, 15) is 14.4 Å². The van der Waals surface area contributed by atoms with Crippen molar-refractivity contribution in [2.75, 3.05) is 13.1 Å². The van der Waals surface area contributed by atoms with Crippen LogP contribution in [0.1, 0.15) is 58.9 Å². The molecular formula is C26H28N2O3. The molecule has 1 aromatic heterocycles. The van der Waals surface area contributed by atoms with E-state index in [0.717, 1.165) is 37.9 Å². The van der Waals surface area contributed by atoms with Crippen LogP contribution in [0, 0.1) is 5.92 Å². The van der Waals surface area contributed by atoms with Gasteiger partial charge in [-0.05, 0) is 55.4 Å². The highest BCUT2D eigenvalue weighted by Gasteiger charge is 2.25. The first-order chi connectivity index (χ1) is 15.1. The molecule has 2 heterocycles. The van der Waals surface area contributed by atoms with Crippen LogP contribution in [0.15, 0.2) is 54.7 Å². The molecule has 1 aliphatic rings. The maximum atomic E-state index is 13.1. The zero-order valence-corrected chi connectivity index (χ0v) is 17.9. The van der Waals surface area contributed by atoms with E-state index in [4.69, 9.17) is 0 Å². The summed E-state index contributed by atoms with van der Waals surface area (Å²) < 4.78 is 0. The topological polar surface area (TPSA) is 70.2 Å². The molecule has 1 saturated heterocycles. The van der Waals surface area contributed by atoms with Crippen molar-refractivity contribution in [2.24, 2.45) is 5.92 Å². The standard InChI is InChI=1S/C26H28N2O3/c1-2-6-24(29)25(30)22-17-27-23-10-9-20(16-21(22)23)26(31)28-13-11-19(12-14-28)15-18-7-4-3-5-8-18/h3-5,7-10,16-17,19,27H,2,6,11-15H2,1H3. The number of nitrogens with one attached hydrogen (secondary N) is 1. The summed E-state index contributed by atoms with van der Waals surface area (Å²) in [6.45, 7) is 3.35. The first-order valence-corrected chi connectivity index (χ1v) is 11.1. The number of ketones is 2. The molecule has 1 N–H and O–H groups in total. The fourth-order valence-electron chi connectivity index (χ4n) is 4.40. The van der Waals surface area contributed by atoms with Gasteiger partial charge in [-0.2, -0.15) is 0 Å². The van der Waals surface area contributed by atoms with Gasteiger partial charge in [-0.1, -0.05) is 37.3 Å². The monoisotopic (exact) mass is 416 g/mol. The Labute approximate surface area is 182 Å². The second kappa shape index (κ2) is 9.29. The van der Waals surface area contributed by atoms with Crippen molar-refractivity contribution >= 4 is 28.4 Å². The number of piperidine rings is 1. The number of nitrogens with zero attached hydrogens (tertiary/aromatic N) is 1. The number of hydrogen-bond acceptors (Lipinski definition) is 3. The summed E-state index contributed by atoms with van der Waals surface area (Å²) in [6, 6.07) is 15.8. The molecule has 2 aromatic carbocycles. The molecule has 0 saturated carbocycles. The third-order valence-electron chi connectivity index (χ3n) is 6.17. The lowest BCUT2D eigenvalue weighted by atomic mass is 9.90. The Morgan fingerprint density at radius 1 is 1.03 bits per heavy atom. The van der Waals surface area contributed by atoms with Crippen molar-refractivity contribution in [3.05, 3.63) is 71.4 Å². The van der Waals surface area contributed by atoms with Crippen LogP contribution in [0.25, 0.3) is 10.9 Å². The summed E-state index contributed by atoms with van der Waals surface area (Å²) in [5.41, 5.74) is 3.01. The minimum atomic E-state index is -0.487. The number of rotatable bonds is 7. The normalized spacial score (nSPS) is 14.7. The molecule has 1 amide bonds.